The van der Waals surface area contributed by atoms with Crippen LogP contribution in [0, 0.1) is 20.8 Å². The first kappa shape index (κ1) is 18.8. The van der Waals surface area contributed by atoms with Crippen LogP contribution in [0.1, 0.15) is 41.5 Å². The predicted octanol–water partition coefficient (Wildman–Crippen LogP) is 4.19. The van der Waals surface area contributed by atoms with Crippen molar-refractivity contribution in [2.24, 2.45) is 0 Å². The maximum atomic E-state index is 13.5. The summed E-state index contributed by atoms with van der Waals surface area (Å²) < 4.78 is 34.0. The second-order valence-corrected chi connectivity index (χ2v) is 9.15. The first-order valence-electron chi connectivity index (χ1n) is 9.36. The average molecular weight is 398 g/mol. The Morgan fingerprint density at radius 2 is 1.75 bits per heavy atom. The minimum absolute atomic E-state index is 0.349. The van der Waals surface area contributed by atoms with Crippen LogP contribution in [0.15, 0.2) is 51.9 Å². The molecule has 0 unspecified atom stereocenters. The lowest BCUT2D eigenvalue weighted by molar-refractivity contribution is 0.290. The monoisotopic (exact) mass is 397 g/mol. The Balaban J connectivity index is 1.70. The van der Waals surface area contributed by atoms with E-state index in [1.807, 2.05) is 63.2 Å². The van der Waals surface area contributed by atoms with Crippen LogP contribution in [-0.4, -0.2) is 29.4 Å². The third-order valence-corrected chi connectivity index (χ3v) is 7.35. The molecule has 1 aliphatic rings. The molecule has 4 rings (SSSR count). The molecule has 3 aromatic rings. The standard InChI is InChI=1S/C21H23N3O3S/c1-14-12-15(2)19(16(3)13-14)28(25,26)24-11-7-10-18(24)21-22-20(23-27-21)17-8-5-4-6-9-17/h4-6,8-9,12-13,18H,7,10-11H2,1-3H3/t18-/m0/s1. The van der Waals surface area contributed by atoms with E-state index in [0.717, 1.165) is 28.7 Å². The van der Waals surface area contributed by atoms with Gasteiger partial charge in [-0.2, -0.15) is 9.29 Å². The second kappa shape index (κ2) is 7.14. The van der Waals surface area contributed by atoms with Gasteiger partial charge in [0.2, 0.25) is 21.7 Å². The lowest BCUT2D eigenvalue weighted by atomic mass is 10.1. The number of hydrogen-bond acceptors (Lipinski definition) is 5. The summed E-state index contributed by atoms with van der Waals surface area (Å²) in [4.78, 5) is 4.88. The molecule has 1 aromatic heterocycles. The summed E-state index contributed by atoms with van der Waals surface area (Å²) in [5.41, 5.74) is 3.42. The van der Waals surface area contributed by atoms with Gasteiger partial charge >= 0.3 is 0 Å². The number of aromatic nitrogens is 2. The van der Waals surface area contributed by atoms with Gasteiger partial charge in [0.15, 0.2) is 0 Å². The molecule has 6 nitrogen and oxygen atoms in total. The fourth-order valence-corrected chi connectivity index (χ4v) is 6.11. The van der Waals surface area contributed by atoms with E-state index < -0.39 is 16.1 Å². The Labute approximate surface area is 165 Å². The molecule has 1 fully saturated rings. The largest absolute Gasteiger partial charge is 0.337 e. The topological polar surface area (TPSA) is 76.3 Å². The third kappa shape index (κ3) is 3.25. The van der Waals surface area contributed by atoms with Crippen molar-refractivity contribution in [1.29, 1.82) is 0 Å². The quantitative estimate of drug-likeness (QED) is 0.660. The van der Waals surface area contributed by atoms with Crippen molar-refractivity contribution in [3.8, 4) is 11.4 Å². The molecule has 2 heterocycles. The molecular weight excluding hydrogens is 374 g/mol. The zero-order chi connectivity index (χ0) is 19.9. The number of rotatable bonds is 4. The summed E-state index contributed by atoms with van der Waals surface area (Å²) in [5, 5.41) is 4.06. The molecule has 0 radical (unpaired) electrons. The van der Waals surface area contributed by atoms with Crippen LogP contribution in [-0.2, 0) is 10.0 Å². The van der Waals surface area contributed by atoms with Crippen molar-refractivity contribution in [1.82, 2.24) is 14.4 Å². The van der Waals surface area contributed by atoms with Crippen molar-refractivity contribution < 1.29 is 12.9 Å². The van der Waals surface area contributed by atoms with Gasteiger partial charge in [-0.05, 0) is 44.7 Å². The number of aryl methyl sites for hydroxylation is 3. The van der Waals surface area contributed by atoms with Crippen LogP contribution < -0.4 is 0 Å². The normalized spacial score (nSPS) is 17.9. The van der Waals surface area contributed by atoms with E-state index >= 15 is 0 Å². The minimum atomic E-state index is -3.66. The fourth-order valence-electron chi connectivity index (χ4n) is 4.04. The molecule has 2 aromatic carbocycles. The number of sulfonamides is 1. The summed E-state index contributed by atoms with van der Waals surface area (Å²) in [6.45, 7) is 6.11. The zero-order valence-electron chi connectivity index (χ0n) is 16.2. The van der Waals surface area contributed by atoms with Crippen molar-refractivity contribution in [3.05, 3.63) is 65.0 Å². The molecule has 0 bridgehead atoms. The predicted molar refractivity (Wildman–Crippen MR) is 106 cm³/mol. The average Bonchev–Trinajstić information content (AvgIpc) is 3.31. The van der Waals surface area contributed by atoms with Crippen molar-refractivity contribution in [2.45, 2.75) is 44.6 Å². The highest BCUT2D eigenvalue weighted by atomic mass is 32.2. The molecule has 7 heteroatoms. The van der Waals surface area contributed by atoms with Crippen molar-refractivity contribution >= 4 is 10.0 Å². The highest BCUT2D eigenvalue weighted by Crippen LogP contribution is 2.38. The van der Waals surface area contributed by atoms with E-state index in [0.29, 0.717) is 29.6 Å². The van der Waals surface area contributed by atoms with Gasteiger partial charge in [0.25, 0.3) is 0 Å². The van der Waals surface area contributed by atoms with E-state index in [1.54, 1.807) is 0 Å². The lowest BCUT2D eigenvalue weighted by Crippen LogP contribution is -2.32. The summed E-state index contributed by atoms with van der Waals surface area (Å²) >= 11 is 0. The maximum Gasteiger partial charge on any atom is 0.245 e. The highest BCUT2D eigenvalue weighted by Gasteiger charge is 2.40. The van der Waals surface area contributed by atoms with E-state index in [-0.39, 0.29) is 0 Å². The molecule has 0 saturated carbocycles. The molecule has 0 spiro atoms. The van der Waals surface area contributed by atoms with Gasteiger partial charge in [0.05, 0.1) is 4.90 Å². The van der Waals surface area contributed by atoms with Crippen molar-refractivity contribution in [3.63, 3.8) is 0 Å². The molecule has 0 aliphatic carbocycles. The molecule has 1 atom stereocenters. The Morgan fingerprint density at radius 1 is 1.07 bits per heavy atom. The van der Waals surface area contributed by atoms with Crippen LogP contribution in [0.3, 0.4) is 0 Å². The maximum absolute atomic E-state index is 13.5. The van der Waals surface area contributed by atoms with E-state index in [1.165, 1.54) is 4.31 Å². The summed E-state index contributed by atoms with van der Waals surface area (Å²) in [5.74, 6) is 0.824. The molecule has 28 heavy (non-hydrogen) atoms. The highest BCUT2D eigenvalue weighted by molar-refractivity contribution is 7.89. The Morgan fingerprint density at radius 3 is 2.43 bits per heavy atom. The van der Waals surface area contributed by atoms with Crippen LogP contribution in [0.4, 0.5) is 0 Å². The van der Waals surface area contributed by atoms with Gasteiger partial charge in [0, 0.05) is 12.1 Å². The van der Waals surface area contributed by atoms with Crippen LogP contribution in [0.5, 0.6) is 0 Å². The number of nitrogens with zero attached hydrogens (tertiary/aromatic N) is 3. The molecule has 0 N–H and O–H groups in total. The summed E-state index contributed by atoms with van der Waals surface area (Å²) in [6.07, 6.45) is 1.43. The van der Waals surface area contributed by atoms with Gasteiger partial charge in [-0.3, -0.25) is 0 Å². The fraction of sp³-hybridized carbons (Fsp3) is 0.333. The molecule has 1 saturated heterocycles. The molecule has 146 valence electrons. The number of hydrogen-bond donors (Lipinski definition) is 0. The number of benzene rings is 2. The van der Waals surface area contributed by atoms with Crippen LogP contribution in [0.2, 0.25) is 0 Å². The second-order valence-electron chi connectivity index (χ2n) is 7.32. The van der Waals surface area contributed by atoms with Gasteiger partial charge in [-0.1, -0.05) is 53.2 Å². The van der Waals surface area contributed by atoms with E-state index in [4.69, 9.17) is 4.52 Å². The first-order valence-corrected chi connectivity index (χ1v) is 10.8. The summed E-state index contributed by atoms with van der Waals surface area (Å²) in [7, 11) is -3.66. The molecule has 0 amide bonds. The smallest absolute Gasteiger partial charge is 0.245 e. The van der Waals surface area contributed by atoms with Crippen LogP contribution >= 0.6 is 0 Å². The Kier molecular flexibility index (Phi) is 4.81. The Bertz CT molecular complexity index is 1080. The summed E-state index contributed by atoms with van der Waals surface area (Å²) in [6, 6.07) is 12.9. The SMILES string of the molecule is Cc1cc(C)c(S(=O)(=O)N2CCC[C@H]2c2nc(-c3ccccc3)no2)c(C)c1. The van der Waals surface area contributed by atoms with E-state index in [2.05, 4.69) is 10.1 Å². The van der Waals surface area contributed by atoms with E-state index in [9.17, 15) is 8.42 Å². The van der Waals surface area contributed by atoms with Gasteiger partial charge in [0.1, 0.15) is 6.04 Å². The van der Waals surface area contributed by atoms with Gasteiger partial charge in [-0.15, -0.1) is 0 Å². The first-order chi connectivity index (χ1) is 13.4. The van der Waals surface area contributed by atoms with Crippen molar-refractivity contribution in [2.75, 3.05) is 6.54 Å². The van der Waals surface area contributed by atoms with Gasteiger partial charge < -0.3 is 4.52 Å². The Hall–Kier alpha value is -2.51. The van der Waals surface area contributed by atoms with Gasteiger partial charge in [-0.25, -0.2) is 8.42 Å². The molecule has 1 aliphatic heterocycles. The lowest BCUT2D eigenvalue weighted by Gasteiger charge is -2.23. The van der Waals surface area contributed by atoms with Crippen LogP contribution in [0.25, 0.3) is 11.4 Å². The molecular formula is C21H23N3O3S. The third-order valence-electron chi connectivity index (χ3n) is 5.13. The zero-order valence-corrected chi connectivity index (χ0v) is 17.0. The minimum Gasteiger partial charge on any atom is -0.337 e.